The first-order valence-corrected chi connectivity index (χ1v) is 5.58. The van der Waals surface area contributed by atoms with Crippen molar-refractivity contribution in [3.05, 3.63) is 23.2 Å². The van der Waals surface area contributed by atoms with Crippen molar-refractivity contribution in [2.24, 2.45) is 0 Å². The van der Waals surface area contributed by atoms with Crippen LogP contribution in [0.4, 0.5) is 0 Å². The summed E-state index contributed by atoms with van der Waals surface area (Å²) in [5.74, 6) is -0.326. The number of nitrogens with zero attached hydrogens (tertiary/aromatic N) is 2. The lowest BCUT2D eigenvalue weighted by atomic mass is 10.2. The predicted octanol–water partition coefficient (Wildman–Crippen LogP) is 0.138. The summed E-state index contributed by atoms with van der Waals surface area (Å²) in [6, 6.07) is -0.00130. The molecule has 0 spiro atoms. The van der Waals surface area contributed by atoms with E-state index < -0.39 is 0 Å². The Morgan fingerprint density at radius 1 is 1.59 bits per heavy atom. The van der Waals surface area contributed by atoms with E-state index in [1.54, 1.807) is 0 Å². The molecular formula is C10H11ClN4O2. The van der Waals surface area contributed by atoms with Gasteiger partial charge in [-0.1, -0.05) is 11.6 Å². The van der Waals surface area contributed by atoms with Crippen molar-refractivity contribution in [1.82, 2.24) is 20.6 Å². The monoisotopic (exact) mass is 254 g/mol. The number of hydrogen-bond donors (Lipinski definition) is 2. The summed E-state index contributed by atoms with van der Waals surface area (Å²) in [5.41, 5.74) is 0.168. The molecule has 0 aromatic carbocycles. The third-order valence-electron chi connectivity index (χ3n) is 2.43. The highest BCUT2D eigenvalue weighted by Gasteiger charge is 2.21. The van der Waals surface area contributed by atoms with E-state index in [1.807, 2.05) is 0 Å². The van der Waals surface area contributed by atoms with Gasteiger partial charge in [-0.3, -0.25) is 14.6 Å². The largest absolute Gasteiger partial charge is 0.352 e. The van der Waals surface area contributed by atoms with E-state index in [2.05, 4.69) is 20.6 Å². The highest BCUT2D eigenvalue weighted by Crippen LogP contribution is 2.06. The van der Waals surface area contributed by atoms with Crippen LogP contribution < -0.4 is 10.6 Å². The summed E-state index contributed by atoms with van der Waals surface area (Å²) in [5, 5.41) is 5.60. The van der Waals surface area contributed by atoms with E-state index in [4.69, 9.17) is 11.6 Å². The molecule has 2 rings (SSSR count). The van der Waals surface area contributed by atoms with Crippen LogP contribution in [-0.2, 0) is 4.79 Å². The van der Waals surface area contributed by atoms with Gasteiger partial charge in [0, 0.05) is 19.0 Å². The van der Waals surface area contributed by atoms with Gasteiger partial charge in [0.2, 0.25) is 5.91 Å². The van der Waals surface area contributed by atoms with Gasteiger partial charge in [-0.05, 0) is 6.42 Å². The van der Waals surface area contributed by atoms with Gasteiger partial charge in [-0.25, -0.2) is 4.98 Å². The summed E-state index contributed by atoms with van der Waals surface area (Å²) in [7, 11) is 0. The molecule has 1 saturated heterocycles. The minimum Gasteiger partial charge on any atom is -0.352 e. The lowest BCUT2D eigenvalue weighted by Crippen LogP contribution is -2.38. The van der Waals surface area contributed by atoms with E-state index in [1.165, 1.54) is 12.4 Å². The first kappa shape index (κ1) is 11.8. The molecule has 1 fully saturated rings. The molecule has 0 aliphatic carbocycles. The fraction of sp³-hybridized carbons (Fsp3) is 0.400. The fourth-order valence-electron chi connectivity index (χ4n) is 1.59. The number of carbonyl (C=O) groups is 2. The van der Waals surface area contributed by atoms with Gasteiger partial charge in [0.25, 0.3) is 5.91 Å². The van der Waals surface area contributed by atoms with Gasteiger partial charge >= 0.3 is 0 Å². The number of carbonyl (C=O) groups excluding carboxylic acids is 2. The van der Waals surface area contributed by atoms with Gasteiger partial charge in [-0.2, -0.15) is 0 Å². The second-order valence-corrected chi connectivity index (χ2v) is 4.13. The molecule has 17 heavy (non-hydrogen) atoms. The van der Waals surface area contributed by atoms with Gasteiger partial charge in [0.05, 0.1) is 12.4 Å². The van der Waals surface area contributed by atoms with E-state index >= 15 is 0 Å². The van der Waals surface area contributed by atoms with Crippen LogP contribution in [0.2, 0.25) is 5.15 Å². The molecule has 2 heterocycles. The predicted molar refractivity (Wildman–Crippen MR) is 60.5 cm³/mol. The topological polar surface area (TPSA) is 84.0 Å². The maximum Gasteiger partial charge on any atom is 0.271 e. The maximum atomic E-state index is 11.7. The summed E-state index contributed by atoms with van der Waals surface area (Å²) < 4.78 is 0. The van der Waals surface area contributed by atoms with Crippen LogP contribution in [0.5, 0.6) is 0 Å². The molecule has 0 radical (unpaired) electrons. The van der Waals surface area contributed by atoms with Crippen LogP contribution in [-0.4, -0.2) is 34.4 Å². The molecule has 1 aliphatic heterocycles. The second-order valence-electron chi connectivity index (χ2n) is 3.74. The highest BCUT2D eigenvalue weighted by atomic mass is 35.5. The van der Waals surface area contributed by atoms with Crippen molar-refractivity contribution in [3.8, 4) is 0 Å². The number of nitrogens with one attached hydrogen (secondary N) is 2. The first-order valence-electron chi connectivity index (χ1n) is 5.20. The average Bonchev–Trinajstić information content (AvgIpc) is 2.72. The molecule has 2 amide bonds. The van der Waals surface area contributed by atoms with Gasteiger partial charge in [-0.15, -0.1) is 0 Å². The van der Waals surface area contributed by atoms with E-state index in [0.717, 1.165) is 6.42 Å². The van der Waals surface area contributed by atoms with Crippen LogP contribution in [0.25, 0.3) is 0 Å². The third kappa shape index (κ3) is 3.13. The molecule has 1 aromatic heterocycles. The molecule has 1 aromatic rings. The van der Waals surface area contributed by atoms with Crippen LogP contribution >= 0.6 is 11.6 Å². The number of hydrogen-bond acceptors (Lipinski definition) is 4. The van der Waals surface area contributed by atoms with Crippen molar-refractivity contribution in [2.45, 2.75) is 18.9 Å². The fourth-order valence-corrected chi connectivity index (χ4v) is 1.74. The zero-order valence-corrected chi connectivity index (χ0v) is 9.70. The van der Waals surface area contributed by atoms with Gasteiger partial charge < -0.3 is 10.6 Å². The molecule has 2 N–H and O–H groups in total. The zero-order chi connectivity index (χ0) is 12.3. The van der Waals surface area contributed by atoms with E-state index in [0.29, 0.717) is 13.0 Å². The Balaban J connectivity index is 1.87. The Bertz CT molecular complexity index is 452. The minimum absolute atomic E-state index is 0.00130. The average molecular weight is 255 g/mol. The molecular weight excluding hydrogens is 244 g/mol. The van der Waals surface area contributed by atoms with Crippen molar-refractivity contribution >= 4 is 23.4 Å². The number of rotatable bonds is 3. The Labute approximate surface area is 103 Å². The number of aromatic nitrogens is 2. The second kappa shape index (κ2) is 5.09. The molecule has 6 nitrogen and oxygen atoms in total. The Morgan fingerprint density at radius 3 is 3.06 bits per heavy atom. The maximum absolute atomic E-state index is 11.7. The van der Waals surface area contributed by atoms with Gasteiger partial charge in [0.1, 0.15) is 10.8 Å². The molecule has 90 valence electrons. The van der Waals surface area contributed by atoms with Crippen LogP contribution in [0, 0.1) is 0 Å². The standard InChI is InChI=1S/C10H11ClN4O2/c11-8-5-12-4-7(15-8)10(17)13-3-6-1-2-9(16)14-6/h4-6H,1-3H2,(H,13,17)(H,14,16). The van der Waals surface area contributed by atoms with Gasteiger partial charge in [0.15, 0.2) is 0 Å². The molecule has 0 saturated carbocycles. The summed E-state index contributed by atoms with van der Waals surface area (Å²) in [6.07, 6.45) is 3.95. The lowest BCUT2D eigenvalue weighted by Gasteiger charge is -2.10. The van der Waals surface area contributed by atoms with Crippen molar-refractivity contribution in [1.29, 1.82) is 0 Å². The smallest absolute Gasteiger partial charge is 0.271 e. The van der Waals surface area contributed by atoms with Crippen molar-refractivity contribution in [3.63, 3.8) is 0 Å². The Morgan fingerprint density at radius 2 is 2.41 bits per heavy atom. The summed E-state index contributed by atoms with van der Waals surface area (Å²) in [6.45, 7) is 0.388. The first-order chi connectivity index (χ1) is 8.15. The highest BCUT2D eigenvalue weighted by molar-refractivity contribution is 6.29. The minimum atomic E-state index is -0.346. The Hall–Kier alpha value is -1.69. The quantitative estimate of drug-likeness (QED) is 0.804. The molecule has 1 aliphatic rings. The molecule has 1 atom stereocenters. The summed E-state index contributed by atoms with van der Waals surface area (Å²) >= 11 is 5.62. The van der Waals surface area contributed by atoms with E-state index in [9.17, 15) is 9.59 Å². The Kier molecular flexibility index (Phi) is 3.53. The SMILES string of the molecule is O=C1CCC(CNC(=O)c2cncc(Cl)n2)N1. The number of amides is 2. The van der Waals surface area contributed by atoms with Crippen LogP contribution in [0.3, 0.4) is 0 Å². The summed E-state index contributed by atoms with van der Waals surface area (Å²) in [4.78, 5) is 30.2. The van der Waals surface area contributed by atoms with E-state index in [-0.39, 0.29) is 28.7 Å². The van der Waals surface area contributed by atoms with Crippen LogP contribution in [0.15, 0.2) is 12.4 Å². The molecule has 1 unspecified atom stereocenters. The molecule has 7 heteroatoms. The van der Waals surface area contributed by atoms with Crippen LogP contribution in [0.1, 0.15) is 23.3 Å². The normalized spacial score (nSPS) is 18.9. The third-order valence-corrected chi connectivity index (χ3v) is 2.61. The lowest BCUT2D eigenvalue weighted by molar-refractivity contribution is -0.119. The van der Waals surface area contributed by atoms with Crippen molar-refractivity contribution in [2.75, 3.05) is 6.54 Å². The van der Waals surface area contributed by atoms with Crippen molar-refractivity contribution < 1.29 is 9.59 Å². The molecule has 0 bridgehead atoms. The zero-order valence-electron chi connectivity index (χ0n) is 8.94. The number of halogens is 1.